The quantitative estimate of drug-likeness (QED) is 0.763. The predicted molar refractivity (Wildman–Crippen MR) is 62.2 cm³/mol. The first kappa shape index (κ1) is 11.1. The number of aromatic nitrogens is 5. The molecular weight excluding hydrogens is 220 g/mol. The number of hydrogen-bond donors (Lipinski definition) is 1. The van der Waals surface area contributed by atoms with Gasteiger partial charge in [-0.15, -0.1) is 0 Å². The molecule has 17 heavy (non-hydrogen) atoms. The predicted octanol–water partition coefficient (Wildman–Crippen LogP) is 0.664. The van der Waals surface area contributed by atoms with E-state index in [2.05, 4.69) is 31.9 Å². The Labute approximate surface area is 98.2 Å². The maximum Gasteiger partial charge on any atom is 0.323 e. The molecule has 0 fully saturated rings. The number of hydrogen-bond acceptors (Lipinski definition) is 6. The summed E-state index contributed by atoms with van der Waals surface area (Å²) in [6.07, 6.45) is 5.01. The molecule has 0 bridgehead atoms. The summed E-state index contributed by atoms with van der Waals surface area (Å²) in [7, 11) is 1.72. The Balaban J connectivity index is 2.35. The molecule has 0 unspecified atom stereocenters. The van der Waals surface area contributed by atoms with Crippen LogP contribution >= 0.6 is 0 Å². The summed E-state index contributed by atoms with van der Waals surface area (Å²) in [5, 5.41) is 6.88. The lowest BCUT2D eigenvalue weighted by Crippen LogP contribution is -2.09. The molecule has 0 atom stereocenters. The fourth-order valence-corrected chi connectivity index (χ4v) is 1.15. The van der Waals surface area contributed by atoms with Gasteiger partial charge in [-0.05, 0) is 6.07 Å². The van der Waals surface area contributed by atoms with Crippen molar-refractivity contribution in [2.75, 3.05) is 19.0 Å². The molecule has 0 aliphatic carbocycles. The van der Waals surface area contributed by atoms with Crippen molar-refractivity contribution in [1.82, 2.24) is 24.7 Å². The molecule has 0 spiro atoms. The fraction of sp³-hybridized carbons (Fsp3) is 0.200. The molecule has 7 nitrogen and oxygen atoms in total. The molecule has 0 amide bonds. The Morgan fingerprint density at radius 1 is 1.47 bits per heavy atom. The Hall–Kier alpha value is -2.44. The third-order valence-corrected chi connectivity index (χ3v) is 1.87. The van der Waals surface area contributed by atoms with Crippen LogP contribution < -0.4 is 10.1 Å². The highest BCUT2D eigenvalue weighted by Gasteiger charge is 2.07. The molecule has 2 heterocycles. The third kappa shape index (κ3) is 2.57. The number of nitrogens with zero attached hydrogens (tertiary/aromatic N) is 5. The lowest BCUT2D eigenvalue weighted by Gasteiger charge is -2.06. The average Bonchev–Trinajstić information content (AvgIpc) is 2.89. The SMILES string of the molecule is C=CCOc1nc(NC)nc(-n2cccn2)n1. The summed E-state index contributed by atoms with van der Waals surface area (Å²) < 4.78 is 6.81. The first-order valence-electron chi connectivity index (χ1n) is 5.01. The molecule has 0 aromatic carbocycles. The fourth-order valence-electron chi connectivity index (χ4n) is 1.15. The van der Waals surface area contributed by atoms with Crippen LogP contribution in [0.5, 0.6) is 6.01 Å². The van der Waals surface area contributed by atoms with Gasteiger partial charge in [0.05, 0.1) is 0 Å². The van der Waals surface area contributed by atoms with Crippen LogP contribution in [0, 0.1) is 0 Å². The zero-order chi connectivity index (χ0) is 12.1. The summed E-state index contributed by atoms with van der Waals surface area (Å²) in [6.45, 7) is 3.90. The van der Waals surface area contributed by atoms with E-state index in [1.165, 1.54) is 4.68 Å². The number of rotatable bonds is 5. The van der Waals surface area contributed by atoms with Crippen LogP contribution in [-0.2, 0) is 0 Å². The van der Waals surface area contributed by atoms with E-state index >= 15 is 0 Å². The molecule has 0 saturated heterocycles. The zero-order valence-electron chi connectivity index (χ0n) is 9.37. The topological polar surface area (TPSA) is 77.8 Å². The largest absolute Gasteiger partial charge is 0.459 e. The van der Waals surface area contributed by atoms with E-state index in [9.17, 15) is 0 Å². The monoisotopic (exact) mass is 232 g/mol. The highest BCUT2D eigenvalue weighted by molar-refractivity contribution is 5.29. The first-order valence-corrected chi connectivity index (χ1v) is 5.01. The van der Waals surface area contributed by atoms with Gasteiger partial charge in [-0.25, -0.2) is 4.68 Å². The number of anilines is 1. The van der Waals surface area contributed by atoms with Crippen molar-refractivity contribution in [2.24, 2.45) is 0 Å². The minimum absolute atomic E-state index is 0.231. The minimum atomic E-state index is 0.231. The van der Waals surface area contributed by atoms with Crippen molar-refractivity contribution in [3.05, 3.63) is 31.1 Å². The maximum atomic E-state index is 5.27. The van der Waals surface area contributed by atoms with Crippen LogP contribution in [0.15, 0.2) is 31.1 Å². The summed E-state index contributed by atoms with van der Waals surface area (Å²) >= 11 is 0. The Morgan fingerprint density at radius 2 is 2.35 bits per heavy atom. The van der Waals surface area contributed by atoms with E-state index in [0.717, 1.165) is 0 Å². The second-order valence-corrected chi connectivity index (χ2v) is 3.04. The molecule has 2 rings (SSSR count). The molecule has 2 aromatic heterocycles. The van der Waals surface area contributed by atoms with Crippen molar-refractivity contribution in [1.29, 1.82) is 0 Å². The zero-order valence-corrected chi connectivity index (χ0v) is 9.37. The van der Waals surface area contributed by atoms with Crippen LogP contribution in [0.3, 0.4) is 0 Å². The minimum Gasteiger partial charge on any atom is -0.459 e. The lowest BCUT2D eigenvalue weighted by molar-refractivity contribution is 0.331. The van der Waals surface area contributed by atoms with Crippen molar-refractivity contribution < 1.29 is 4.74 Å². The summed E-state index contributed by atoms with van der Waals surface area (Å²) in [4.78, 5) is 12.3. The van der Waals surface area contributed by atoms with Gasteiger partial charge in [0.2, 0.25) is 5.95 Å². The van der Waals surface area contributed by atoms with Gasteiger partial charge in [0, 0.05) is 19.4 Å². The van der Waals surface area contributed by atoms with Crippen LogP contribution in [0.2, 0.25) is 0 Å². The van der Waals surface area contributed by atoms with E-state index in [4.69, 9.17) is 4.74 Å². The molecular formula is C10H12N6O. The second kappa shape index (κ2) is 5.06. The normalized spacial score (nSPS) is 9.94. The Bertz CT molecular complexity index is 496. The average molecular weight is 232 g/mol. The highest BCUT2D eigenvalue weighted by Crippen LogP contribution is 2.09. The van der Waals surface area contributed by atoms with Gasteiger partial charge in [0.1, 0.15) is 6.61 Å². The van der Waals surface area contributed by atoms with Gasteiger partial charge in [-0.1, -0.05) is 12.7 Å². The molecule has 0 aliphatic heterocycles. The van der Waals surface area contributed by atoms with E-state index in [-0.39, 0.29) is 6.01 Å². The smallest absolute Gasteiger partial charge is 0.323 e. The van der Waals surface area contributed by atoms with Gasteiger partial charge in [-0.2, -0.15) is 20.1 Å². The van der Waals surface area contributed by atoms with Crippen LogP contribution in [-0.4, -0.2) is 38.4 Å². The third-order valence-electron chi connectivity index (χ3n) is 1.87. The maximum absolute atomic E-state index is 5.27. The van der Waals surface area contributed by atoms with Crippen molar-refractivity contribution in [2.45, 2.75) is 0 Å². The number of ether oxygens (including phenoxy) is 1. The lowest BCUT2D eigenvalue weighted by atomic mass is 10.7. The van der Waals surface area contributed by atoms with E-state index in [0.29, 0.717) is 18.5 Å². The summed E-state index contributed by atoms with van der Waals surface area (Å²) in [5.74, 6) is 0.818. The van der Waals surface area contributed by atoms with Gasteiger partial charge >= 0.3 is 6.01 Å². The van der Waals surface area contributed by atoms with Crippen molar-refractivity contribution >= 4 is 5.95 Å². The van der Waals surface area contributed by atoms with Gasteiger partial charge in [0.15, 0.2) is 0 Å². The molecule has 7 heteroatoms. The number of nitrogens with one attached hydrogen (secondary N) is 1. The molecule has 0 radical (unpaired) electrons. The van der Waals surface area contributed by atoms with Crippen LogP contribution in [0.1, 0.15) is 0 Å². The summed E-state index contributed by atoms with van der Waals surface area (Å²) in [5.41, 5.74) is 0. The highest BCUT2D eigenvalue weighted by atomic mass is 16.5. The Morgan fingerprint density at radius 3 is 3.00 bits per heavy atom. The van der Waals surface area contributed by atoms with Crippen LogP contribution in [0.4, 0.5) is 5.95 Å². The van der Waals surface area contributed by atoms with E-state index < -0.39 is 0 Å². The van der Waals surface area contributed by atoms with E-state index in [1.54, 1.807) is 31.6 Å². The molecule has 0 aliphatic rings. The van der Waals surface area contributed by atoms with Crippen LogP contribution in [0.25, 0.3) is 5.95 Å². The molecule has 88 valence electrons. The summed E-state index contributed by atoms with van der Waals surface area (Å²) in [6, 6.07) is 2.02. The first-order chi connectivity index (χ1) is 8.33. The van der Waals surface area contributed by atoms with Gasteiger partial charge < -0.3 is 10.1 Å². The van der Waals surface area contributed by atoms with Gasteiger partial charge in [-0.3, -0.25) is 0 Å². The van der Waals surface area contributed by atoms with E-state index in [1.807, 2.05) is 0 Å². The Kier molecular flexibility index (Phi) is 3.29. The van der Waals surface area contributed by atoms with Crippen molar-refractivity contribution in [3.63, 3.8) is 0 Å². The van der Waals surface area contributed by atoms with Gasteiger partial charge in [0.25, 0.3) is 5.95 Å². The van der Waals surface area contributed by atoms with Crippen molar-refractivity contribution in [3.8, 4) is 12.0 Å². The molecule has 0 saturated carbocycles. The second-order valence-electron chi connectivity index (χ2n) is 3.04. The molecule has 1 N–H and O–H groups in total. The standard InChI is InChI=1S/C10H12N6O/c1-3-7-17-10-14-8(11-2)13-9(15-10)16-6-4-5-12-16/h3-6H,1,7H2,2H3,(H,11,13,14,15). The molecule has 2 aromatic rings.